The van der Waals surface area contributed by atoms with Crippen LogP contribution in [0.4, 0.5) is 0 Å². The van der Waals surface area contributed by atoms with Crippen LogP contribution in [0.5, 0.6) is 11.5 Å². The van der Waals surface area contributed by atoms with E-state index in [1.165, 1.54) is 24.0 Å². The van der Waals surface area contributed by atoms with E-state index >= 15 is 0 Å². The van der Waals surface area contributed by atoms with E-state index in [4.69, 9.17) is 16.3 Å². The lowest BCUT2D eigenvalue weighted by molar-refractivity contribution is -0.121. The zero-order valence-electron chi connectivity index (χ0n) is 24.6. The van der Waals surface area contributed by atoms with E-state index < -0.39 is 0 Å². The number of benzene rings is 4. The molecule has 6 heteroatoms. The minimum absolute atomic E-state index is 0.0589. The number of nitrogens with zero attached hydrogens (tertiary/aromatic N) is 2. The third kappa shape index (κ3) is 7.30. The Balaban J connectivity index is 1.32. The Bertz CT molecular complexity index is 1670. The van der Waals surface area contributed by atoms with Crippen LogP contribution in [0.3, 0.4) is 0 Å². The molecule has 1 atom stereocenters. The van der Waals surface area contributed by atoms with E-state index in [-0.39, 0.29) is 11.8 Å². The number of carbonyl (C=O) groups excluding carboxylic acids is 1. The van der Waals surface area contributed by atoms with E-state index in [2.05, 4.69) is 88.6 Å². The average Bonchev–Trinajstić information content (AvgIpc) is 3.67. The number of hydrogen-bond donors (Lipinski definition) is 1. The highest BCUT2D eigenvalue weighted by atomic mass is 35.5. The topological polar surface area (TPSA) is 46.5 Å². The summed E-state index contributed by atoms with van der Waals surface area (Å²) in [5.41, 5.74) is 5.83. The molecule has 1 aliphatic heterocycles. The standard InChI is InChI=1S/C37H38ClN3O2/c1-27-11-13-28(14-12-27)25-41-26-35(33-9-2-3-10-36(33)41)34(24-37(42)39-19-22-40-20-4-5-21-40)29-7-6-8-32(23-29)43-31-17-15-30(38)16-18-31/h2-3,6-18,23,26,34H,4-5,19-22,24-25H2,1H3,(H,39,42)/t34-/m1/s1. The highest BCUT2D eigenvalue weighted by Gasteiger charge is 2.24. The third-order valence-electron chi connectivity index (χ3n) is 8.32. The Kier molecular flexibility index (Phi) is 9.11. The maximum absolute atomic E-state index is 13.5. The predicted octanol–water partition coefficient (Wildman–Crippen LogP) is 8.18. The molecule has 6 rings (SSSR count). The quantitative estimate of drug-likeness (QED) is 0.168. The minimum atomic E-state index is -0.148. The van der Waals surface area contributed by atoms with Gasteiger partial charge in [-0.15, -0.1) is 0 Å². The lowest BCUT2D eigenvalue weighted by Gasteiger charge is -2.19. The molecular formula is C37H38ClN3O2. The summed E-state index contributed by atoms with van der Waals surface area (Å²) in [6.45, 7) is 6.68. The monoisotopic (exact) mass is 591 g/mol. The van der Waals surface area contributed by atoms with Crippen LogP contribution in [0.1, 0.15) is 47.4 Å². The van der Waals surface area contributed by atoms with Gasteiger partial charge in [0, 0.05) is 54.1 Å². The summed E-state index contributed by atoms with van der Waals surface area (Å²) in [6, 6.07) is 32.7. The van der Waals surface area contributed by atoms with Gasteiger partial charge in [0.1, 0.15) is 11.5 Å². The maximum Gasteiger partial charge on any atom is 0.220 e. The lowest BCUT2D eigenvalue weighted by Crippen LogP contribution is -2.34. The first kappa shape index (κ1) is 29.0. The number of nitrogens with one attached hydrogen (secondary N) is 1. The molecule has 0 unspecified atom stereocenters. The predicted molar refractivity (Wildman–Crippen MR) is 175 cm³/mol. The van der Waals surface area contributed by atoms with E-state index in [0.717, 1.165) is 54.0 Å². The van der Waals surface area contributed by atoms with Crippen molar-refractivity contribution in [2.45, 2.75) is 38.6 Å². The molecule has 1 aliphatic rings. The molecule has 0 aliphatic carbocycles. The van der Waals surface area contributed by atoms with Gasteiger partial charge in [0.15, 0.2) is 0 Å². The van der Waals surface area contributed by atoms with E-state index in [9.17, 15) is 4.79 Å². The molecule has 1 saturated heterocycles. The van der Waals surface area contributed by atoms with Crippen LogP contribution >= 0.6 is 11.6 Å². The number of hydrogen-bond acceptors (Lipinski definition) is 3. The van der Waals surface area contributed by atoms with Crippen molar-refractivity contribution in [3.8, 4) is 11.5 Å². The minimum Gasteiger partial charge on any atom is -0.457 e. The number of carbonyl (C=O) groups is 1. The molecule has 5 aromatic rings. The molecule has 0 radical (unpaired) electrons. The second kappa shape index (κ2) is 13.5. The number of fused-ring (bicyclic) bond motifs is 1. The molecule has 43 heavy (non-hydrogen) atoms. The number of halogens is 1. The molecule has 220 valence electrons. The van der Waals surface area contributed by atoms with Crippen molar-refractivity contribution in [3.05, 3.63) is 131 Å². The molecule has 1 fully saturated rings. The number of ether oxygens (including phenoxy) is 1. The molecule has 0 saturated carbocycles. The van der Waals surface area contributed by atoms with Gasteiger partial charge in [0.05, 0.1) is 0 Å². The fourth-order valence-electron chi connectivity index (χ4n) is 6.03. The van der Waals surface area contributed by atoms with Crippen LogP contribution in [-0.2, 0) is 11.3 Å². The summed E-state index contributed by atoms with van der Waals surface area (Å²) >= 11 is 6.08. The van der Waals surface area contributed by atoms with Crippen LogP contribution in [0.25, 0.3) is 10.9 Å². The SMILES string of the molecule is Cc1ccc(Cn2cc([C@H](CC(=O)NCCN3CCCC3)c3cccc(Oc4ccc(Cl)cc4)c3)c3ccccc32)cc1. The highest BCUT2D eigenvalue weighted by Crippen LogP contribution is 2.37. The number of aryl methyl sites for hydroxylation is 1. The second-order valence-electron chi connectivity index (χ2n) is 11.5. The molecule has 1 amide bonds. The molecule has 2 heterocycles. The van der Waals surface area contributed by atoms with Crippen molar-refractivity contribution in [1.82, 2.24) is 14.8 Å². The summed E-state index contributed by atoms with van der Waals surface area (Å²) < 4.78 is 8.51. The second-order valence-corrected chi connectivity index (χ2v) is 11.9. The van der Waals surface area contributed by atoms with Crippen LogP contribution in [-0.4, -0.2) is 41.6 Å². The molecular weight excluding hydrogens is 554 g/mol. The van der Waals surface area contributed by atoms with Crippen molar-refractivity contribution in [3.63, 3.8) is 0 Å². The Morgan fingerprint density at radius 3 is 2.47 bits per heavy atom. The van der Waals surface area contributed by atoms with Crippen molar-refractivity contribution in [2.75, 3.05) is 26.2 Å². The number of likely N-dealkylation sites (tertiary alicyclic amines) is 1. The zero-order valence-corrected chi connectivity index (χ0v) is 25.4. The molecule has 0 bridgehead atoms. The number of para-hydroxylation sites is 1. The first-order valence-electron chi connectivity index (χ1n) is 15.2. The van der Waals surface area contributed by atoms with Gasteiger partial charge in [0.2, 0.25) is 5.91 Å². The Labute approximate surface area is 259 Å². The van der Waals surface area contributed by atoms with Crippen LogP contribution < -0.4 is 10.1 Å². The summed E-state index contributed by atoms with van der Waals surface area (Å²) in [6.07, 6.45) is 5.08. The van der Waals surface area contributed by atoms with E-state index in [1.807, 2.05) is 36.4 Å². The van der Waals surface area contributed by atoms with Crippen molar-refractivity contribution in [1.29, 1.82) is 0 Å². The van der Waals surface area contributed by atoms with Gasteiger partial charge in [-0.2, -0.15) is 0 Å². The number of amides is 1. The first-order valence-corrected chi connectivity index (χ1v) is 15.6. The fraction of sp³-hybridized carbons (Fsp3) is 0.270. The van der Waals surface area contributed by atoms with E-state index in [0.29, 0.717) is 23.7 Å². The van der Waals surface area contributed by atoms with Crippen molar-refractivity contribution < 1.29 is 9.53 Å². The maximum atomic E-state index is 13.5. The fourth-order valence-corrected chi connectivity index (χ4v) is 6.16. The Morgan fingerprint density at radius 1 is 0.907 bits per heavy atom. The number of rotatable bonds is 11. The van der Waals surface area contributed by atoms with Gasteiger partial charge < -0.3 is 19.5 Å². The summed E-state index contributed by atoms with van der Waals surface area (Å²) in [5, 5.41) is 5.03. The lowest BCUT2D eigenvalue weighted by atomic mass is 9.88. The summed E-state index contributed by atoms with van der Waals surface area (Å²) in [4.78, 5) is 15.9. The smallest absolute Gasteiger partial charge is 0.220 e. The first-order chi connectivity index (χ1) is 21.0. The zero-order chi connectivity index (χ0) is 29.6. The number of aromatic nitrogens is 1. The van der Waals surface area contributed by atoms with Crippen molar-refractivity contribution in [2.24, 2.45) is 0 Å². The van der Waals surface area contributed by atoms with Crippen LogP contribution in [0.2, 0.25) is 5.02 Å². The summed E-state index contributed by atoms with van der Waals surface area (Å²) in [5.74, 6) is 1.35. The summed E-state index contributed by atoms with van der Waals surface area (Å²) in [7, 11) is 0. The largest absolute Gasteiger partial charge is 0.457 e. The van der Waals surface area contributed by atoms with Crippen molar-refractivity contribution >= 4 is 28.4 Å². The van der Waals surface area contributed by atoms with Gasteiger partial charge in [-0.3, -0.25) is 4.79 Å². The molecule has 0 spiro atoms. The van der Waals surface area contributed by atoms with Gasteiger partial charge in [-0.25, -0.2) is 0 Å². The normalized spacial score (nSPS) is 14.2. The molecule has 4 aromatic carbocycles. The van der Waals surface area contributed by atoms with Gasteiger partial charge in [-0.05, 0) is 92.0 Å². The van der Waals surface area contributed by atoms with Gasteiger partial charge >= 0.3 is 0 Å². The van der Waals surface area contributed by atoms with E-state index in [1.54, 1.807) is 0 Å². The average molecular weight is 592 g/mol. The third-order valence-corrected chi connectivity index (χ3v) is 8.57. The Morgan fingerprint density at radius 2 is 1.67 bits per heavy atom. The van der Waals surface area contributed by atoms with Gasteiger partial charge in [0.25, 0.3) is 0 Å². The molecule has 5 nitrogen and oxygen atoms in total. The Hall–Kier alpha value is -4.06. The molecule has 1 aromatic heterocycles. The molecule has 1 N–H and O–H groups in total. The van der Waals surface area contributed by atoms with Crippen LogP contribution in [0.15, 0.2) is 103 Å². The van der Waals surface area contributed by atoms with Crippen LogP contribution in [0, 0.1) is 6.92 Å². The van der Waals surface area contributed by atoms with Gasteiger partial charge in [-0.1, -0.05) is 71.8 Å². The highest BCUT2D eigenvalue weighted by molar-refractivity contribution is 6.30.